The molecule has 0 fully saturated rings. The smallest absolute Gasteiger partial charge is 0.434 e. The van der Waals surface area contributed by atoms with Crippen molar-refractivity contribution in [2.75, 3.05) is 11.9 Å². The third-order valence-corrected chi connectivity index (χ3v) is 5.30. The second kappa shape index (κ2) is 12.4. The van der Waals surface area contributed by atoms with E-state index in [4.69, 9.17) is 9.47 Å². The SMILES string of the molecule is CCOC(=O)Oc1ccc(C(=O)NCc2ccc(NC(=O)/C=C/c3ccccc3Br)cc2)cc1. The molecule has 7 nitrogen and oxygen atoms in total. The first-order chi connectivity index (χ1) is 16.4. The molecule has 0 unspecified atom stereocenters. The van der Waals surface area contributed by atoms with Gasteiger partial charge in [-0.3, -0.25) is 9.59 Å². The first-order valence-electron chi connectivity index (χ1n) is 10.5. The molecule has 0 aromatic heterocycles. The summed E-state index contributed by atoms with van der Waals surface area (Å²) in [5.74, 6) is -0.219. The Labute approximate surface area is 205 Å². The fourth-order valence-corrected chi connectivity index (χ4v) is 3.28. The minimum absolute atomic E-state index is 0.218. The van der Waals surface area contributed by atoms with Gasteiger partial charge < -0.3 is 20.1 Å². The fraction of sp³-hybridized carbons (Fsp3) is 0.115. The summed E-state index contributed by atoms with van der Waals surface area (Å²) in [6.07, 6.45) is 2.41. The lowest BCUT2D eigenvalue weighted by molar-refractivity contribution is -0.111. The average molecular weight is 523 g/mol. The van der Waals surface area contributed by atoms with E-state index in [1.165, 1.54) is 18.2 Å². The van der Waals surface area contributed by atoms with Crippen molar-refractivity contribution in [3.63, 3.8) is 0 Å². The third kappa shape index (κ3) is 7.60. The van der Waals surface area contributed by atoms with Crippen molar-refractivity contribution in [3.8, 4) is 5.75 Å². The number of ether oxygens (including phenoxy) is 2. The molecule has 3 aromatic rings. The van der Waals surface area contributed by atoms with Crippen LogP contribution in [0, 0.1) is 0 Å². The van der Waals surface area contributed by atoms with Gasteiger partial charge in [0.2, 0.25) is 5.91 Å². The molecule has 8 heteroatoms. The number of rotatable bonds is 8. The molecule has 3 rings (SSSR count). The lowest BCUT2D eigenvalue weighted by Gasteiger charge is -2.08. The zero-order valence-electron chi connectivity index (χ0n) is 18.4. The van der Waals surface area contributed by atoms with Gasteiger partial charge in [-0.2, -0.15) is 0 Å². The lowest BCUT2D eigenvalue weighted by Crippen LogP contribution is -2.22. The van der Waals surface area contributed by atoms with Crippen LogP contribution in [0.3, 0.4) is 0 Å². The summed E-state index contributed by atoms with van der Waals surface area (Å²) in [6, 6.07) is 21.0. The number of halogens is 1. The van der Waals surface area contributed by atoms with Crippen LogP contribution in [0.25, 0.3) is 6.08 Å². The fourth-order valence-electron chi connectivity index (χ4n) is 2.87. The predicted octanol–water partition coefficient (Wildman–Crippen LogP) is 5.57. The number of anilines is 1. The van der Waals surface area contributed by atoms with Crippen molar-refractivity contribution in [2.24, 2.45) is 0 Å². The molecule has 3 aromatic carbocycles. The van der Waals surface area contributed by atoms with Gasteiger partial charge in [-0.15, -0.1) is 0 Å². The van der Waals surface area contributed by atoms with Gasteiger partial charge in [-0.05, 0) is 66.6 Å². The molecule has 0 saturated heterocycles. The van der Waals surface area contributed by atoms with E-state index in [-0.39, 0.29) is 18.4 Å². The molecular weight excluding hydrogens is 500 g/mol. The molecule has 2 N–H and O–H groups in total. The summed E-state index contributed by atoms with van der Waals surface area (Å²) < 4.78 is 10.6. The molecule has 0 radical (unpaired) electrons. The van der Waals surface area contributed by atoms with Crippen molar-refractivity contribution in [3.05, 3.63) is 100 Å². The van der Waals surface area contributed by atoms with Gasteiger partial charge in [-0.1, -0.05) is 46.3 Å². The van der Waals surface area contributed by atoms with Gasteiger partial charge in [0.15, 0.2) is 0 Å². The van der Waals surface area contributed by atoms with Gasteiger partial charge in [0.25, 0.3) is 5.91 Å². The number of amides is 2. The molecule has 0 bridgehead atoms. The molecule has 0 spiro atoms. The lowest BCUT2D eigenvalue weighted by atomic mass is 10.1. The zero-order valence-corrected chi connectivity index (χ0v) is 20.0. The molecule has 0 aliphatic rings. The van der Waals surface area contributed by atoms with Crippen molar-refractivity contribution in [1.29, 1.82) is 0 Å². The average Bonchev–Trinajstić information content (AvgIpc) is 2.83. The quantitative estimate of drug-likeness (QED) is 0.229. The summed E-state index contributed by atoms with van der Waals surface area (Å²) >= 11 is 3.44. The predicted molar refractivity (Wildman–Crippen MR) is 134 cm³/mol. The summed E-state index contributed by atoms with van der Waals surface area (Å²) in [4.78, 5) is 35.9. The maximum Gasteiger partial charge on any atom is 0.513 e. The maximum absolute atomic E-state index is 12.4. The number of carbonyl (C=O) groups excluding carboxylic acids is 3. The maximum atomic E-state index is 12.4. The molecule has 34 heavy (non-hydrogen) atoms. The van der Waals surface area contributed by atoms with E-state index in [1.54, 1.807) is 37.3 Å². The van der Waals surface area contributed by atoms with Gasteiger partial charge >= 0.3 is 6.16 Å². The van der Waals surface area contributed by atoms with E-state index in [0.717, 1.165) is 15.6 Å². The number of hydrogen-bond donors (Lipinski definition) is 2. The number of benzene rings is 3. The largest absolute Gasteiger partial charge is 0.513 e. The summed E-state index contributed by atoms with van der Waals surface area (Å²) in [5.41, 5.74) is 2.85. The number of hydrogen-bond acceptors (Lipinski definition) is 5. The van der Waals surface area contributed by atoms with Gasteiger partial charge in [0, 0.05) is 28.3 Å². The second-order valence-corrected chi connectivity index (χ2v) is 7.89. The number of carbonyl (C=O) groups is 3. The van der Waals surface area contributed by atoms with Crippen LogP contribution in [0.1, 0.15) is 28.4 Å². The molecule has 2 amide bonds. The Morgan fingerprint density at radius 3 is 2.32 bits per heavy atom. The Morgan fingerprint density at radius 1 is 0.941 bits per heavy atom. The van der Waals surface area contributed by atoms with Crippen molar-refractivity contribution < 1.29 is 23.9 Å². The highest BCUT2D eigenvalue weighted by Crippen LogP contribution is 2.17. The van der Waals surface area contributed by atoms with E-state index in [2.05, 4.69) is 26.6 Å². The van der Waals surface area contributed by atoms with Crippen molar-refractivity contribution in [1.82, 2.24) is 5.32 Å². The highest BCUT2D eigenvalue weighted by molar-refractivity contribution is 9.10. The van der Waals surface area contributed by atoms with Crippen LogP contribution >= 0.6 is 15.9 Å². The monoisotopic (exact) mass is 522 g/mol. The first-order valence-corrected chi connectivity index (χ1v) is 11.3. The van der Waals surface area contributed by atoms with E-state index < -0.39 is 6.16 Å². The van der Waals surface area contributed by atoms with Crippen LogP contribution in [-0.2, 0) is 16.1 Å². The summed E-state index contributed by atoms with van der Waals surface area (Å²) in [5, 5.41) is 5.63. The van der Waals surface area contributed by atoms with Crippen LogP contribution in [0.5, 0.6) is 5.75 Å². The van der Waals surface area contributed by atoms with E-state index in [9.17, 15) is 14.4 Å². The third-order valence-electron chi connectivity index (χ3n) is 4.57. The highest BCUT2D eigenvalue weighted by atomic mass is 79.9. The van der Waals surface area contributed by atoms with Crippen LogP contribution in [0.15, 0.2) is 83.3 Å². The molecule has 0 atom stereocenters. The Hall–Kier alpha value is -3.91. The summed E-state index contributed by atoms with van der Waals surface area (Å²) in [6.45, 7) is 2.22. The van der Waals surface area contributed by atoms with E-state index >= 15 is 0 Å². The highest BCUT2D eigenvalue weighted by Gasteiger charge is 2.08. The first kappa shape index (κ1) is 24.7. The normalized spacial score (nSPS) is 10.5. The minimum Gasteiger partial charge on any atom is -0.434 e. The topological polar surface area (TPSA) is 93.7 Å². The Balaban J connectivity index is 1.48. The molecule has 0 saturated carbocycles. The molecule has 174 valence electrons. The van der Waals surface area contributed by atoms with E-state index in [0.29, 0.717) is 23.5 Å². The van der Waals surface area contributed by atoms with Crippen LogP contribution < -0.4 is 15.4 Å². The zero-order chi connectivity index (χ0) is 24.3. The van der Waals surface area contributed by atoms with Crippen LogP contribution in [0.4, 0.5) is 10.5 Å². The van der Waals surface area contributed by atoms with Crippen molar-refractivity contribution in [2.45, 2.75) is 13.5 Å². The molecule has 0 heterocycles. The Kier molecular flexibility index (Phi) is 8.99. The van der Waals surface area contributed by atoms with Gasteiger partial charge in [0.05, 0.1) is 6.61 Å². The van der Waals surface area contributed by atoms with Gasteiger partial charge in [0.1, 0.15) is 5.75 Å². The molecule has 0 aliphatic carbocycles. The number of nitrogens with one attached hydrogen (secondary N) is 2. The second-order valence-electron chi connectivity index (χ2n) is 7.03. The van der Waals surface area contributed by atoms with E-state index in [1.807, 2.05) is 36.4 Å². The Bertz CT molecular complexity index is 1170. The minimum atomic E-state index is -0.792. The summed E-state index contributed by atoms with van der Waals surface area (Å²) in [7, 11) is 0. The molecular formula is C26H23BrN2O5. The molecule has 0 aliphatic heterocycles. The van der Waals surface area contributed by atoms with Gasteiger partial charge in [-0.25, -0.2) is 4.79 Å². The van der Waals surface area contributed by atoms with Crippen LogP contribution in [-0.4, -0.2) is 24.6 Å². The standard InChI is InChI=1S/C26H23BrN2O5/c1-2-33-26(32)34-22-14-9-20(10-15-22)25(31)28-17-18-7-12-21(13-8-18)29-24(30)16-11-19-5-3-4-6-23(19)27/h3-16H,2,17H2,1H3,(H,28,31)(H,29,30)/b16-11+. The van der Waals surface area contributed by atoms with Crippen molar-refractivity contribution >= 4 is 45.7 Å². The Morgan fingerprint density at radius 2 is 1.65 bits per heavy atom. The van der Waals surface area contributed by atoms with Crippen LogP contribution in [0.2, 0.25) is 0 Å².